The first-order valence-electron chi connectivity index (χ1n) is 5.58. The molecule has 1 aromatic heterocycles. The van der Waals surface area contributed by atoms with E-state index in [4.69, 9.17) is 4.74 Å². The van der Waals surface area contributed by atoms with Crippen LogP contribution in [-0.4, -0.2) is 23.2 Å². The number of carbonyl (C=O) groups is 1. The number of amides is 1. The lowest BCUT2D eigenvalue weighted by molar-refractivity contribution is 0.0499. The Hall–Kier alpha value is -1.62. The van der Waals surface area contributed by atoms with Crippen LogP contribution < -0.4 is 10.9 Å². The third-order valence-corrected chi connectivity index (χ3v) is 1.88. The minimum Gasteiger partial charge on any atom is -0.443 e. The van der Waals surface area contributed by atoms with Gasteiger partial charge in [-0.05, 0) is 44.9 Å². The van der Waals surface area contributed by atoms with Gasteiger partial charge in [0.05, 0.1) is 0 Å². The third-order valence-electron chi connectivity index (χ3n) is 1.88. The van der Waals surface area contributed by atoms with Crippen LogP contribution in [0, 0.1) is 0 Å². The Labute approximate surface area is 102 Å². The summed E-state index contributed by atoms with van der Waals surface area (Å²) in [6.45, 7) is 6.11. The Morgan fingerprint density at radius 1 is 1.35 bits per heavy atom. The van der Waals surface area contributed by atoms with Crippen molar-refractivity contribution in [2.24, 2.45) is 0 Å². The van der Waals surface area contributed by atoms with Gasteiger partial charge in [0, 0.05) is 18.9 Å². The van der Waals surface area contributed by atoms with Crippen LogP contribution in [0.25, 0.3) is 0 Å². The minimum atomic E-state index is -0.475. The molecule has 0 saturated carbocycles. The van der Waals surface area contributed by atoms with E-state index in [1.54, 1.807) is 12.4 Å². The summed E-state index contributed by atoms with van der Waals surface area (Å²) in [5.74, 6) is 0. The highest BCUT2D eigenvalue weighted by atomic mass is 16.6. The van der Waals surface area contributed by atoms with E-state index < -0.39 is 11.7 Å². The molecule has 0 aromatic carbocycles. The van der Waals surface area contributed by atoms with Gasteiger partial charge in [-0.1, -0.05) is 0 Å². The van der Waals surface area contributed by atoms with Crippen molar-refractivity contribution in [1.29, 1.82) is 0 Å². The molecule has 1 amide bonds. The molecule has 17 heavy (non-hydrogen) atoms. The monoisotopic (exact) mass is 237 g/mol. The third kappa shape index (κ3) is 6.52. The van der Waals surface area contributed by atoms with Crippen molar-refractivity contribution in [3.05, 3.63) is 30.1 Å². The highest BCUT2D eigenvalue weighted by molar-refractivity contribution is 5.66. The molecule has 1 heterocycles. The summed E-state index contributed by atoms with van der Waals surface area (Å²) in [5.41, 5.74) is 5.98. The highest BCUT2D eigenvalue weighted by Crippen LogP contribution is 2.05. The fourth-order valence-electron chi connectivity index (χ4n) is 1.19. The van der Waals surface area contributed by atoms with Crippen molar-refractivity contribution in [1.82, 2.24) is 15.8 Å². The number of nitrogens with zero attached hydrogens (tertiary/aromatic N) is 1. The summed E-state index contributed by atoms with van der Waals surface area (Å²) in [6, 6.07) is 3.88. The van der Waals surface area contributed by atoms with Gasteiger partial charge >= 0.3 is 6.09 Å². The number of ether oxygens (including phenoxy) is 1. The van der Waals surface area contributed by atoms with Crippen LogP contribution in [0.4, 0.5) is 4.79 Å². The van der Waals surface area contributed by atoms with Crippen LogP contribution in [0.3, 0.4) is 0 Å². The Bertz CT molecular complexity index is 347. The van der Waals surface area contributed by atoms with E-state index in [-0.39, 0.29) is 0 Å². The second kappa shape index (κ2) is 6.20. The Balaban J connectivity index is 2.14. The summed E-state index contributed by atoms with van der Waals surface area (Å²) in [4.78, 5) is 15.2. The van der Waals surface area contributed by atoms with Crippen LogP contribution in [0.2, 0.25) is 0 Å². The fraction of sp³-hybridized carbons (Fsp3) is 0.500. The molecular formula is C12H19N3O2. The smallest absolute Gasteiger partial charge is 0.422 e. The molecule has 0 aliphatic heterocycles. The quantitative estimate of drug-likeness (QED) is 0.617. The van der Waals surface area contributed by atoms with Gasteiger partial charge in [-0.3, -0.25) is 10.4 Å². The maximum absolute atomic E-state index is 11.3. The van der Waals surface area contributed by atoms with Crippen molar-refractivity contribution < 1.29 is 9.53 Å². The molecule has 94 valence electrons. The summed E-state index contributed by atoms with van der Waals surface area (Å²) >= 11 is 0. The van der Waals surface area contributed by atoms with E-state index in [0.29, 0.717) is 6.54 Å². The number of hydrazine groups is 1. The van der Waals surface area contributed by atoms with E-state index in [1.807, 2.05) is 32.9 Å². The fourth-order valence-corrected chi connectivity index (χ4v) is 1.19. The standard InChI is InChI=1S/C12H19N3O2/c1-12(2,3)17-11(16)15-14-9-6-10-4-7-13-8-5-10/h4-5,7-8,14H,6,9H2,1-3H3,(H,15,16). The van der Waals surface area contributed by atoms with Crippen LogP contribution in [0.1, 0.15) is 26.3 Å². The number of carbonyl (C=O) groups excluding carboxylic acids is 1. The van der Waals surface area contributed by atoms with Gasteiger partial charge in [0.1, 0.15) is 5.60 Å². The molecule has 1 aromatic rings. The number of pyridine rings is 1. The van der Waals surface area contributed by atoms with E-state index >= 15 is 0 Å². The zero-order valence-electron chi connectivity index (χ0n) is 10.5. The lowest BCUT2D eigenvalue weighted by atomic mass is 10.2. The minimum absolute atomic E-state index is 0.466. The van der Waals surface area contributed by atoms with Crippen molar-refractivity contribution in [3.8, 4) is 0 Å². The number of hydrogen-bond acceptors (Lipinski definition) is 4. The zero-order chi connectivity index (χ0) is 12.7. The summed E-state index contributed by atoms with van der Waals surface area (Å²) in [7, 11) is 0. The predicted molar refractivity (Wildman–Crippen MR) is 65.3 cm³/mol. The van der Waals surface area contributed by atoms with Crippen LogP contribution in [-0.2, 0) is 11.2 Å². The molecule has 0 aliphatic carbocycles. The van der Waals surface area contributed by atoms with Crippen LogP contribution in [0.15, 0.2) is 24.5 Å². The average molecular weight is 237 g/mol. The van der Waals surface area contributed by atoms with Gasteiger partial charge in [0.2, 0.25) is 0 Å². The predicted octanol–water partition coefficient (Wildman–Crippen LogP) is 1.65. The summed E-state index contributed by atoms with van der Waals surface area (Å²) in [6.07, 6.45) is 3.85. The maximum atomic E-state index is 11.3. The van der Waals surface area contributed by atoms with Gasteiger partial charge < -0.3 is 4.74 Å². The summed E-state index contributed by atoms with van der Waals surface area (Å²) in [5, 5.41) is 0. The topological polar surface area (TPSA) is 63.2 Å². The molecule has 0 atom stereocenters. The number of nitrogens with one attached hydrogen (secondary N) is 2. The molecule has 0 saturated heterocycles. The SMILES string of the molecule is CC(C)(C)OC(=O)NNCCc1ccncc1. The van der Waals surface area contributed by atoms with Gasteiger partial charge in [-0.2, -0.15) is 0 Å². The molecule has 5 heteroatoms. The largest absolute Gasteiger partial charge is 0.443 e. The highest BCUT2D eigenvalue weighted by Gasteiger charge is 2.15. The van der Waals surface area contributed by atoms with Gasteiger partial charge in [0.15, 0.2) is 0 Å². The van der Waals surface area contributed by atoms with E-state index in [1.165, 1.54) is 5.56 Å². The molecule has 0 bridgehead atoms. The van der Waals surface area contributed by atoms with E-state index in [2.05, 4.69) is 15.8 Å². The number of rotatable bonds is 4. The molecule has 0 aliphatic rings. The normalized spacial score (nSPS) is 11.0. The molecule has 2 N–H and O–H groups in total. The lowest BCUT2D eigenvalue weighted by Crippen LogP contribution is -2.41. The van der Waals surface area contributed by atoms with E-state index in [0.717, 1.165) is 6.42 Å². The first kappa shape index (κ1) is 13.4. The number of hydrogen-bond donors (Lipinski definition) is 2. The first-order chi connectivity index (χ1) is 7.97. The molecule has 0 spiro atoms. The maximum Gasteiger partial charge on any atom is 0.422 e. The van der Waals surface area contributed by atoms with Gasteiger partial charge in [0.25, 0.3) is 0 Å². The average Bonchev–Trinajstić information content (AvgIpc) is 2.23. The Morgan fingerprint density at radius 3 is 2.59 bits per heavy atom. The van der Waals surface area contributed by atoms with Gasteiger partial charge in [-0.15, -0.1) is 0 Å². The molecular weight excluding hydrogens is 218 g/mol. The molecule has 0 unspecified atom stereocenters. The molecule has 0 fully saturated rings. The van der Waals surface area contributed by atoms with Gasteiger partial charge in [-0.25, -0.2) is 10.2 Å². The van der Waals surface area contributed by atoms with Crippen LogP contribution in [0.5, 0.6) is 0 Å². The molecule has 5 nitrogen and oxygen atoms in total. The Morgan fingerprint density at radius 2 is 2.00 bits per heavy atom. The summed E-state index contributed by atoms with van der Waals surface area (Å²) < 4.78 is 5.07. The van der Waals surface area contributed by atoms with E-state index in [9.17, 15) is 4.79 Å². The second-order valence-corrected chi connectivity index (χ2v) is 4.66. The van der Waals surface area contributed by atoms with Crippen molar-refractivity contribution >= 4 is 6.09 Å². The van der Waals surface area contributed by atoms with Crippen molar-refractivity contribution in [2.45, 2.75) is 32.8 Å². The molecule has 1 rings (SSSR count). The number of aromatic nitrogens is 1. The lowest BCUT2D eigenvalue weighted by Gasteiger charge is -2.19. The van der Waals surface area contributed by atoms with Crippen molar-refractivity contribution in [2.75, 3.05) is 6.54 Å². The van der Waals surface area contributed by atoms with Crippen molar-refractivity contribution in [3.63, 3.8) is 0 Å². The molecule has 0 radical (unpaired) electrons. The Kier molecular flexibility index (Phi) is 4.90. The second-order valence-electron chi connectivity index (χ2n) is 4.66. The zero-order valence-corrected chi connectivity index (χ0v) is 10.5. The van der Waals surface area contributed by atoms with Crippen LogP contribution >= 0.6 is 0 Å². The first-order valence-corrected chi connectivity index (χ1v) is 5.58.